The smallest absolute Gasteiger partial charge is 0.310 e. The Balaban J connectivity index is 1.99. The molecular formula is C24H21FN2O4. The van der Waals surface area contributed by atoms with Gasteiger partial charge in [-0.05, 0) is 31.2 Å². The van der Waals surface area contributed by atoms with Crippen LogP contribution in [0, 0.1) is 12.7 Å². The van der Waals surface area contributed by atoms with Crippen molar-refractivity contribution in [3.05, 3.63) is 77.7 Å². The van der Waals surface area contributed by atoms with Crippen LogP contribution in [0.4, 0.5) is 4.39 Å². The minimum absolute atomic E-state index is 0.309. The second-order valence-corrected chi connectivity index (χ2v) is 7.01. The normalized spacial score (nSPS) is 12.1. The van der Waals surface area contributed by atoms with E-state index in [0.29, 0.717) is 28.3 Å². The van der Waals surface area contributed by atoms with Crippen LogP contribution in [-0.2, 0) is 9.59 Å². The van der Waals surface area contributed by atoms with Crippen LogP contribution < -0.4 is 0 Å². The lowest BCUT2D eigenvalue weighted by molar-refractivity contribution is -0.140. The van der Waals surface area contributed by atoms with Crippen LogP contribution in [0.3, 0.4) is 0 Å². The number of nitrogens with zero attached hydrogens (tertiary/aromatic N) is 2. The molecule has 7 heteroatoms. The monoisotopic (exact) mass is 420 g/mol. The quantitative estimate of drug-likeness (QED) is 0.533. The number of carbonyl (C=O) groups is 2. The maximum atomic E-state index is 13.4. The molecule has 0 aliphatic carbocycles. The van der Waals surface area contributed by atoms with Crippen LogP contribution in [0.2, 0.25) is 0 Å². The molecular weight excluding hydrogens is 399 g/mol. The molecule has 1 unspecified atom stereocenters. The van der Waals surface area contributed by atoms with Crippen molar-refractivity contribution >= 4 is 17.8 Å². The molecule has 2 aromatic carbocycles. The number of ketones is 1. The van der Waals surface area contributed by atoms with Gasteiger partial charge in [-0.1, -0.05) is 42.5 Å². The van der Waals surface area contributed by atoms with Gasteiger partial charge in [0.05, 0.1) is 11.8 Å². The molecule has 158 valence electrons. The molecule has 0 fully saturated rings. The molecule has 1 atom stereocenters. The van der Waals surface area contributed by atoms with Crippen molar-refractivity contribution in [2.75, 3.05) is 0 Å². The first-order valence-electron chi connectivity index (χ1n) is 9.63. The maximum Gasteiger partial charge on any atom is 0.310 e. The first-order valence-corrected chi connectivity index (χ1v) is 9.63. The number of aliphatic carboxylic acids is 1. The molecule has 2 N–H and O–H groups in total. The number of aliphatic hydroxyl groups excluding tert-OH is 1. The van der Waals surface area contributed by atoms with Crippen LogP contribution in [0.5, 0.6) is 0 Å². The number of aliphatic hydroxyl groups is 1. The van der Waals surface area contributed by atoms with E-state index in [4.69, 9.17) is 5.11 Å². The Kier molecular flexibility index (Phi) is 6.99. The lowest BCUT2D eigenvalue weighted by Crippen LogP contribution is -2.14. The molecule has 0 radical (unpaired) electrons. The van der Waals surface area contributed by atoms with E-state index in [9.17, 15) is 19.1 Å². The van der Waals surface area contributed by atoms with Crippen LogP contribution in [0.25, 0.3) is 28.7 Å². The number of hydrogen-bond donors (Lipinski definition) is 2. The van der Waals surface area contributed by atoms with Crippen LogP contribution in [-0.4, -0.2) is 38.0 Å². The Bertz CT molecular complexity index is 1110. The molecule has 1 heterocycles. The van der Waals surface area contributed by atoms with Crippen LogP contribution >= 0.6 is 0 Å². The van der Waals surface area contributed by atoms with E-state index in [1.807, 2.05) is 30.3 Å². The molecule has 0 aliphatic heterocycles. The Morgan fingerprint density at radius 2 is 1.71 bits per heavy atom. The predicted molar refractivity (Wildman–Crippen MR) is 115 cm³/mol. The number of benzene rings is 2. The standard InChI is InChI=1S/C24H21FN2O4/c1-15-21(12-11-19(28)13-20(29)14-22(30)31)23(16-7-9-18(25)10-8-16)27-24(26-15)17-5-3-2-4-6-17/h2-12,19,28H,13-14H2,1H3,(H,30,31)/b12-11+. The number of halogens is 1. The summed E-state index contributed by atoms with van der Waals surface area (Å²) >= 11 is 0. The van der Waals surface area contributed by atoms with E-state index in [-0.39, 0.29) is 12.2 Å². The van der Waals surface area contributed by atoms with Crippen molar-refractivity contribution < 1.29 is 24.2 Å². The van der Waals surface area contributed by atoms with Gasteiger partial charge in [-0.2, -0.15) is 0 Å². The van der Waals surface area contributed by atoms with E-state index >= 15 is 0 Å². The van der Waals surface area contributed by atoms with Crippen molar-refractivity contribution in [1.29, 1.82) is 0 Å². The van der Waals surface area contributed by atoms with E-state index in [2.05, 4.69) is 9.97 Å². The molecule has 0 saturated heterocycles. The third-order valence-electron chi connectivity index (χ3n) is 4.56. The fraction of sp³-hybridized carbons (Fsp3) is 0.167. The molecule has 3 aromatic rings. The number of carboxylic acids is 1. The molecule has 0 saturated carbocycles. The largest absolute Gasteiger partial charge is 0.481 e. The van der Waals surface area contributed by atoms with Crippen molar-refractivity contribution in [3.8, 4) is 22.6 Å². The highest BCUT2D eigenvalue weighted by Crippen LogP contribution is 2.28. The van der Waals surface area contributed by atoms with E-state index < -0.39 is 24.3 Å². The van der Waals surface area contributed by atoms with Gasteiger partial charge in [-0.3, -0.25) is 9.59 Å². The molecule has 0 aliphatic rings. The van der Waals surface area contributed by atoms with Crippen LogP contribution in [0.15, 0.2) is 60.7 Å². The molecule has 3 rings (SSSR count). The number of aryl methyl sites for hydroxylation is 1. The number of aromatic nitrogens is 2. The Morgan fingerprint density at radius 1 is 1.03 bits per heavy atom. The number of rotatable bonds is 8. The summed E-state index contributed by atoms with van der Waals surface area (Å²) in [5.74, 6) is -1.68. The number of Topliss-reactive ketones (excluding diaryl/α,β-unsaturated/α-hetero) is 1. The zero-order valence-corrected chi connectivity index (χ0v) is 16.8. The van der Waals surface area contributed by atoms with Gasteiger partial charge in [0.15, 0.2) is 5.82 Å². The van der Waals surface area contributed by atoms with Crippen molar-refractivity contribution in [2.45, 2.75) is 25.9 Å². The summed E-state index contributed by atoms with van der Waals surface area (Å²) in [5.41, 5.74) is 3.28. The number of hydrogen-bond acceptors (Lipinski definition) is 5. The van der Waals surface area contributed by atoms with Crippen molar-refractivity contribution in [1.82, 2.24) is 9.97 Å². The predicted octanol–water partition coefficient (Wildman–Crippen LogP) is 4.07. The summed E-state index contributed by atoms with van der Waals surface area (Å²) in [7, 11) is 0. The van der Waals surface area contributed by atoms with Crippen molar-refractivity contribution in [3.63, 3.8) is 0 Å². The Hall–Kier alpha value is -3.71. The Labute approximate surface area is 178 Å². The molecule has 6 nitrogen and oxygen atoms in total. The molecule has 0 spiro atoms. The minimum atomic E-state index is -1.24. The first-order chi connectivity index (χ1) is 14.8. The van der Waals surface area contributed by atoms with Gasteiger partial charge in [0.2, 0.25) is 0 Å². The summed E-state index contributed by atoms with van der Waals surface area (Å²) < 4.78 is 13.4. The SMILES string of the molecule is Cc1nc(-c2ccccc2)nc(-c2ccc(F)cc2)c1/C=C/C(O)CC(=O)CC(=O)O. The molecule has 1 aromatic heterocycles. The first kappa shape index (κ1) is 22.0. The maximum absolute atomic E-state index is 13.4. The summed E-state index contributed by atoms with van der Waals surface area (Å²) in [6.45, 7) is 1.79. The second-order valence-electron chi connectivity index (χ2n) is 7.01. The summed E-state index contributed by atoms with van der Waals surface area (Å²) in [4.78, 5) is 31.5. The summed E-state index contributed by atoms with van der Waals surface area (Å²) in [6.07, 6.45) is 0.902. The molecule has 0 amide bonds. The van der Waals surface area contributed by atoms with Gasteiger partial charge in [-0.15, -0.1) is 0 Å². The van der Waals surface area contributed by atoms with Gasteiger partial charge >= 0.3 is 5.97 Å². The van der Waals surface area contributed by atoms with Gasteiger partial charge in [0.25, 0.3) is 0 Å². The summed E-state index contributed by atoms with van der Waals surface area (Å²) in [5, 5.41) is 18.8. The minimum Gasteiger partial charge on any atom is -0.481 e. The highest BCUT2D eigenvalue weighted by Gasteiger charge is 2.15. The molecule has 31 heavy (non-hydrogen) atoms. The van der Waals surface area contributed by atoms with Gasteiger partial charge in [0, 0.05) is 28.8 Å². The number of carbonyl (C=O) groups excluding carboxylic acids is 1. The zero-order chi connectivity index (χ0) is 22.4. The van der Waals surface area contributed by atoms with E-state index in [0.717, 1.165) is 5.56 Å². The third kappa shape index (κ3) is 5.90. The highest BCUT2D eigenvalue weighted by atomic mass is 19.1. The van der Waals surface area contributed by atoms with Crippen molar-refractivity contribution in [2.24, 2.45) is 0 Å². The van der Waals surface area contributed by atoms with E-state index in [1.165, 1.54) is 18.2 Å². The van der Waals surface area contributed by atoms with Gasteiger partial charge in [-0.25, -0.2) is 14.4 Å². The lowest BCUT2D eigenvalue weighted by atomic mass is 10.0. The Morgan fingerprint density at radius 3 is 2.35 bits per heavy atom. The topological polar surface area (TPSA) is 100 Å². The second kappa shape index (κ2) is 9.86. The fourth-order valence-electron chi connectivity index (χ4n) is 3.07. The lowest BCUT2D eigenvalue weighted by Gasteiger charge is -2.12. The third-order valence-corrected chi connectivity index (χ3v) is 4.56. The fourth-order valence-corrected chi connectivity index (χ4v) is 3.07. The van der Waals surface area contributed by atoms with Crippen LogP contribution in [0.1, 0.15) is 24.1 Å². The summed E-state index contributed by atoms with van der Waals surface area (Å²) in [6, 6.07) is 15.3. The van der Waals surface area contributed by atoms with Gasteiger partial charge < -0.3 is 10.2 Å². The average Bonchev–Trinajstić information content (AvgIpc) is 2.73. The average molecular weight is 420 g/mol. The van der Waals surface area contributed by atoms with Gasteiger partial charge in [0.1, 0.15) is 18.0 Å². The number of carboxylic acid groups (broad SMARTS) is 1. The highest BCUT2D eigenvalue weighted by molar-refractivity contribution is 5.95. The molecule has 0 bridgehead atoms. The van der Waals surface area contributed by atoms with E-state index in [1.54, 1.807) is 25.1 Å². The zero-order valence-electron chi connectivity index (χ0n) is 16.8.